The summed E-state index contributed by atoms with van der Waals surface area (Å²) in [5.74, 6) is 0. The Labute approximate surface area is 120 Å². The van der Waals surface area contributed by atoms with Gasteiger partial charge in [-0.05, 0) is 32.9 Å². The summed E-state index contributed by atoms with van der Waals surface area (Å²) in [4.78, 5) is 6.96. The molecule has 0 aliphatic carbocycles. The summed E-state index contributed by atoms with van der Waals surface area (Å²) < 4.78 is 5.95. The average Bonchev–Trinajstić information content (AvgIpc) is 2.86. The van der Waals surface area contributed by atoms with E-state index in [-0.39, 0.29) is 0 Å². The first-order chi connectivity index (χ1) is 9.28. The SMILES string of the molecule is CCCNCc1nc(COC2CCN(C)CC2)cs1. The lowest BCUT2D eigenvalue weighted by molar-refractivity contribution is 0.000901. The van der Waals surface area contributed by atoms with Gasteiger partial charge >= 0.3 is 0 Å². The fourth-order valence-corrected chi connectivity index (χ4v) is 2.97. The average molecular weight is 283 g/mol. The van der Waals surface area contributed by atoms with Gasteiger partial charge in [-0.25, -0.2) is 4.98 Å². The summed E-state index contributed by atoms with van der Waals surface area (Å²) in [6.07, 6.45) is 3.87. The Balaban J connectivity index is 1.68. The van der Waals surface area contributed by atoms with Gasteiger partial charge in [0, 0.05) is 25.0 Å². The maximum Gasteiger partial charge on any atom is 0.107 e. The summed E-state index contributed by atoms with van der Waals surface area (Å²) in [6, 6.07) is 0. The molecule has 1 fully saturated rings. The summed E-state index contributed by atoms with van der Waals surface area (Å²) in [5.41, 5.74) is 1.08. The summed E-state index contributed by atoms with van der Waals surface area (Å²) in [6.45, 7) is 7.07. The third kappa shape index (κ3) is 5.18. The zero-order valence-corrected chi connectivity index (χ0v) is 12.8. The first-order valence-electron chi connectivity index (χ1n) is 7.22. The van der Waals surface area contributed by atoms with Crippen molar-refractivity contribution in [1.29, 1.82) is 0 Å². The first kappa shape index (κ1) is 14.9. The minimum absolute atomic E-state index is 0.416. The van der Waals surface area contributed by atoms with E-state index in [4.69, 9.17) is 4.74 Å². The van der Waals surface area contributed by atoms with Crippen molar-refractivity contribution in [1.82, 2.24) is 15.2 Å². The smallest absolute Gasteiger partial charge is 0.107 e. The molecule has 0 radical (unpaired) electrons. The Hall–Kier alpha value is -0.490. The predicted octanol–water partition coefficient (Wildman–Crippen LogP) is 2.25. The normalized spacial score (nSPS) is 18.0. The van der Waals surface area contributed by atoms with Crippen LogP contribution in [0.2, 0.25) is 0 Å². The zero-order chi connectivity index (χ0) is 13.5. The van der Waals surface area contributed by atoms with Crippen LogP contribution in [-0.4, -0.2) is 42.7 Å². The standard InChI is InChI=1S/C14H25N3OS/c1-3-6-15-9-14-16-12(11-19-14)10-18-13-4-7-17(2)8-5-13/h11,13,15H,3-10H2,1-2H3. The van der Waals surface area contributed by atoms with Gasteiger partial charge in [0.25, 0.3) is 0 Å². The number of hydrogen-bond donors (Lipinski definition) is 1. The van der Waals surface area contributed by atoms with E-state index in [1.54, 1.807) is 11.3 Å². The van der Waals surface area contributed by atoms with Gasteiger partial charge in [-0.15, -0.1) is 11.3 Å². The molecule has 0 bridgehead atoms. The van der Waals surface area contributed by atoms with Gasteiger partial charge in [0.05, 0.1) is 18.4 Å². The summed E-state index contributed by atoms with van der Waals surface area (Å²) >= 11 is 1.73. The van der Waals surface area contributed by atoms with E-state index >= 15 is 0 Å². The number of aromatic nitrogens is 1. The van der Waals surface area contributed by atoms with Gasteiger partial charge in [0.1, 0.15) is 5.01 Å². The van der Waals surface area contributed by atoms with Gasteiger partial charge in [0.2, 0.25) is 0 Å². The van der Waals surface area contributed by atoms with E-state index in [0.717, 1.165) is 56.1 Å². The van der Waals surface area contributed by atoms with Crippen molar-refractivity contribution < 1.29 is 4.74 Å². The lowest BCUT2D eigenvalue weighted by Gasteiger charge is -2.28. The molecule has 2 rings (SSSR count). The number of piperidine rings is 1. The second kappa shape index (κ2) is 7.94. The van der Waals surface area contributed by atoms with Crippen LogP contribution in [0, 0.1) is 0 Å². The lowest BCUT2D eigenvalue weighted by atomic mass is 10.1. The molecular formula is C14H25N3OS. The highest BCUT2D eigenvalue weighted by Crippen LogP contribution is 2.16. The van der Waals surface area contributed by atoms with E-state index in [2.05, 4.69) is 34.6 Å². The topological polar surface area (TPSA) is 37.4 Å². The molecule has 1 aliphatic heterocycles. The molecule has 1 aromatic rings. The second-order valence-electron chi connectivity index (χ2n) is 5.22. The number of nitrogens with zero attached hydrogens (tertiary/aromatic N) is 2. The van der Waals surface area contributed by atoms with Crippen molar-refractivity contribution in [3.05, 3.63) is 16.1 Å². The molecule has 108 valence electrons. The van der Waals surface area contributed by atoms with E-state index in [1.165, 1.54) is 0 Å². The number of thiazole rings is 1. The van der Waals surface area contributed by atoms with Crippen LogP contribution in [0.15, 0.2) is 5.38 Å². The van der Waals surface area contributed by atoms with E-state index < -0.39 is 0 Å². The molecule has 1 aromatic heterocycles. The first-order valence-corrected chi connectivity index (χ1v) is 8.10. The Kier molecular flexibility index (Phi) is 6.23. The van der Waals surface area contributed by atoms with Crippen molar-refractivity contribution in [3.63, 3.8) is 0 Å². The highest BCUT2D eigenvalue weighted by molar-refractivity contribution is 7.09. The number of hydrogen-bond acceptors (Lipinski definition) is 5. The molecule has 0 atom stereocenters. The number of likely N-dealkylation sites (tertiary alicyclic amines) is 1. The molecule has 0 spiro atoms. The fraction of sp³-hybridized carbons (Fsp3) is 0.786. The Morgan fingerprint density at radius 3 is 3.00 bits per heavy atom. The largest absolute Gasteiger partial charge is 0.372 e. The van der Waals surface area contributed by atoms with Crippen molar-refractivity contribution >= 4 is 11.3 Å². The lowest BCUT2D eigenvalue weighted by Crippen LogP contribution is -2.34. The Morgan fingerprint density at radius 2 is 2.26 bits per heavy atom. The molecule has 1 N–H and O–H groups in total. The monoisotopic (exact) mass is 283 g/mol. The van der Waals surface area contributed by atoms with Crippen LogP contribution >= 0.6 is 11.3 Å². The molecule has 0 unspecified atom stereocenters. The minimum atomic E-state index is 0.416. The fourth-order valence-electron chi connectivity index (χ4n) is 2.22. The van der Waals surface area contributed by atoms with Crippen LogP contribution in [0.4, 0.5) is 0 Å². The van der Waals surface area contributed by atoms with Crippen LogP contribution in [-0.2, 0) is 17.9 Å². The highest BCUT2D eigenvalue weighted by atomic mass is 32.1. The van der Waals surface area contributed by atoms with Crippen LogP contribution < -0.4 is 5.32 Å². The number of rotatable bonds is 7. The van der Waals surface area contributed by atoms with E-state index in [0.29, 0.717) is 12.7 Å². The maximum atomic E-state index is 5.95. The van der Waals surface area contributed by atoms with Gasteiger partial charge in [-0.2, -0.15) is 0 Å². The molecule has 1 aliphatic rings. The van der Waals surface area contributed by atoms with Crippen molar-refractivity contribution in [2.45, 2.75) is 45.4 Å². The summed E-state index contributed by atoms with van der Waals surface area (Å²) in [7, 11) is 2.17. The molecule has 0 saturated carbocycles. The molecule has 4 nitrogen and oxygen atoms in total. The molecular weight excluding hydrogens is 258 g/mol. The van der Waals surface area contributed by atoms with Crippen molar-refractivity contribution in [2.75, 3.05) is 26.7 Å². The van der Waals surface area contributed by atoms with Crippen LogP contribution in [0.25, 0.3) is 0 Å². The number of ether oxygens (including phenoxy) is 1. The van der Waals surface area contributed by atoms with Gasteiger partial charge in [-0.3, -0.25) is 0 Å². The third-order valence-corrected chi connectivity index (χ3v) is 4.33. The van der Waals surface area contributed by atoms with Crippen molar-refractivity contribution in [2.24, 2.45) is 0 Å². The second-order valence-corrected chi connectivity index (χ2v) is 6.17. The quantitative estimate of drug-likeness (QED) is 0.779. The van der Waals surface area contributed by atoms with Gasteiger partial charge in [0.15, 0.2) is 0 Å². The summed E-state index contributed by atoms with van der Waals surface area (Å²) in [5, 5.41) is 6.66. The minimum Gasteiger partial charge on any atom is -0.372 e. The van der Waals surface area contributed by atoms with Crippen LogP contribution in [0.3, 0.4) is 0 Å². The van der Waals surface area contributed by atoms with E-state index in [9.17, 15) is 0 Å². The van der Waals surface area contributed by atoms with Crippen LogP contribution in [0.1, 0.15) is 36.9 Å². The van der Waals surface area contributed by atoms with Gasteiger partial charge in [-0.1, -0.05) is 6.92 Å². The predicted molar refractivity (Wildman–Crippen MR) is 79.4 cm³/mol. The third-order valence-electron chi connectivity index (χ3n) is 3.43. The van der Waals surface area contributed by atoms with Crippen molar-refractivity contribution in [3.8, 4) is 0 Å². The molecule has 0 amide bonds. The number of nitrogens with one attached hydrogen (secondary N) is 1. The van der Waals surface area contributed by atoms with Gasteiger partial charge < -0.3 is 15.0 Å². The Bertz CT molecular complexity index is 361. The molecule has 2 heterocycles. The zero-order valence-electron chi connectivity index (χ0n) is 12.0. The molecule has 19 heavy (non-hydrogen) atoms. The maximum absolute atomic E-state index is 5.95. The molecule has 0 aromatic carbocycles. The highest BCUT2D eigenvalue weighted by Gasteiger charge is 2.17. The van der Waals surface area contributed by atoms with Crippen LogP contribution in [0.5, 0.6) is 0 Å². The Morgan fingerprint density at radius 1 is 1.47 bits per heavy atom. The molecule has 5 heteroatoms. The van der Waals surface area contributed by atoms with E-state index in [1.807, 2.05) is 0 Å². The molecule has 1 saturated heterocycles.